The second kappa shape index (κ2) is 7.70. The van der Waals surface area contributed by atoms with E-state index in [9.17, 15) is 13.2 Å². The largest absolute Gasteiger partial charge is 0.416 e. The van der Waals surface area contributed by atoms with Crippen molar-refractivity contribution in [1.82, 2.24) is 0 Å². The highest BCUT2D eigenvalue weighted by Crippen LogP contribution is 2.42. The highest BCUT2D eigenvalue weighted by Gasteiger charge is 2.56. The van der Waals surface area contributed by atoms with Crippen molar-refractivity contribution in [2.45, 2.75) is 83.7 Å². The predicted octanol–water partition coefficient (Wildman–Crippen LogP) is 4.90. The van der Waals surface area contributed by atoms with E-state index < -0.39 is 36.0 Å². The zero-order chi connectivity index (χ0) is 19.8. The second-order valence-electron chi connectivity index (χ2n) is 7.79. The molecule has 2 aliphatic rings. The van der Waals surface area contributed by atoms with Crippen LogP contribution < -0.4 is 0 Å². The number of ether oxygens (including phenoxy) is 4. The zero-order valence-corrected chi connectivity index (χ0v) is 16.1. The van der Waals surface area contributed by atoms with Gasteiger partial charge in [0.25, 0.3) is 0 Å². The molecule has 1 aromatic carbocycles. The average molecular weight is 388 g/mol. The molecule has 0 aliphatic carbocycles. The molecule has 2 saturated heterocycles. The minimum Gasteiger partial charge on any atom is -0.368 e. The number of halogens is 3. The predicted molar refractivity (Wildman–Crippen MR) is 92.8 cm³/mol. The van der Waals surface area contributed by atoms with Crippen LogP contribution in [-0.2, 0) is 31.7 Å². The molecule has 0 saturated carbocycles. The summed E-state index contributed by atoms with van der Waals surface area (Å²) in [4.78, 5) is 0. The van der Waals surface area contributed by atoms with Crippen LogP contribution in [0.25, 0.3) is 0 Å². The molecule has 0 bridgehead atoms. The lowest BCUT2D eigenvalue weighted by Gasteiger charge is -2.28. The smallest absolute Gasteiger partial charge is 0.368 e. The Hall–Kier alpha value is -1.15. The van der Waals surface area contributed by atoms with Gasteiger partial charge in [0, 0.05) is 0 Å². The fourth-order valence-corrected chi connectivity index (χ4v) is 3.60. The quantitative estimate of drug-likeness (QED) is 0.694. The van der Waals surface area contributed by atoms with E-state index in [-0.39, 0.29) is 18.3 Å². The van der Waals surface area contributed by atoms with Crippen LogP contribution in [0.4, 0.5) is 13.2 Å². The van der Waals surface area contributed by atoms with E-state index in [1.807, 2.05) is 13.8 Å². The number of benzene rings is 1. The van der Waals surface area contributed by atoms with E-state index in [1.165, 1.54) is 12.1 Å². The van der Waals surface area contributed by atoms with Crippen LogP contribution in [0, 0.1) is 5.92 Å². The molecule has 5 atom stereocenters. The van der Waals surface area contributed by atoms with Crippen LogP contribution in [0.2, 0.25) is 0 Å². The molecule has 4 nitrogen and oxygen atoms in total. The summed E-state index contributed by atoms with van der Waals surface area (Å²) in [6, 6.07) is 5.47. The first-order chi connectivity index (χ1) is 12.6. The van der Waals surface area contributed by atoms with Crippen LogP contribution in [0.3, 0.4) is 0 Å². The molecule has 0 amide bonds. The number of rotatable bonds is 6. The molecular weight excluding hydrogens is 361 g/mol. The SMILES string of the molecule is CCC1(C)O[C@H]2O[C@H](CC(C)C)[C@H](OCc3ccccc3C(F)(F)F)[C@H]2O1. The maximum atomic E-state index is 13.2. The van der Waals surface area contributed by atoms with Crippen molar-refractivity contribution in [1.29, 1.82) is 0 Å². The highest BCUT2D eigenvalue weighted by molar-refractivity contribution is 5.29. The van der Waals surface area contributed by atoms with Crippen LogP contribution in [0.15, 0.2) is 24.3 Å². The summed E-state index contributed by atoms with van der Waals surface area (Å²) in [7, 11) is 0. The number of alkyl halides is 3. The van der Waals surface area contributed by atoms with Gasteiger partial charge in [-0.1, -0.05) is 39.0 Å². The fraction of sp³-hybridized carbons (Fsp3) is 0.700. The first-order valence-corrected chi connectivity index (χ1v) is 9.41. The lowest BCUT2D eigenvalue weighted by molar-refractivity contribution is -0.230. The molecule has 1 aromatic rings. The fourth-order valence-electron chi connectivity index (χ4n) is 3.60. The summed E-state index contributed by atoms with van der Waals surface area (Å²) in [6.07, 6.45) is -4.82. The molecule has 2 heterocycles. The maximum absolute atomic E-state index is 13.2. The first kappa shape index (κ1) is 20.6. The molecule has 7 heteroatoms. The lowest BCUT2D eigenvalue weighted by atomic mass is 10.00. The van der Waals surface area contributed by atoms with Crippen LogP contribution in [0.5, 0.6) is 0 Å². The normalized spacial score (nSPS) is 33.6. The number of fused-ring (bicyclic) bond motifs is 1. The van der Waals surface area contributed by atoms with Gasteiger partial charge in [-0.15, -0.1) is 0 Å². The van der Waals surface area contributed by atoms with Crippen molar-refractivity contribution in [3.63, 3.8) is 0 Å². The molecule has 0 aromatic heterocycles. The monoisotopic (exact) mass is 388 g/mol. The van der Waals surface area contributed by atoms with Gasteiger partial charge in [0.15, 0.2) is 12.1 Å². The zero-order valence-electron chi connectivity index (χ0n) is 16.1. The Morgan fingerprint density at radius 3 is 2.52 bits per heavy atom. The Balaban J connectivity index is 1.76. The first-order valence-electron chi connectivity index (χ1n) is 9.41. The van der Waals surface area contributed by atoms with Gasteiger partial charge in [-0.3, -0.25) is 0 Å². The van der Waals surface area contributed by atoms with Crippen molar-refractivity contribution in [3.05, 3.63) is 35.4 Å². The summed E-state index contributed by atoms with van der Waals surface area (Å²) in [6.45, 7) is 7.74. The van der Waals surface area contributed by atoms with Crippen molar-refractivity contribution in [2.24, 2.45) is 5.92 Å². The van der Waals surface area contributed by atoms with Gasteiger partial charge >= 0.3 is 6.18 Å². The molecular formula is C20H27F3O4. The van der Waals surface area contributed by atoms with Crippen LogP contribution >= 0.6 is 0 Å². The molecule has 0 radical (unpaired) electrons. The van der Waals surface area contributed by atoms with E-state index in [4.69, 9.17) is 18.9 Å². The standard InChI is InChI=1S/C20H27F3O4/c1-5-19(4)26-17-16(15(10-12(2)3)25-18(17)27-19)24-11-13-8-6-7-9-14(13)20(21,22)23/h6-9,12,15-18H,5,10-11H2,1-4H3/t15-,16+,17-,18-,19?/m1/s1. The van der Waals surface area contributed by atoms with Gasteiger partial charge in [0.2, 0.25) is 0 Å². The molecule has 0 spiro atoms. The van der Waals surface area contributed by atoms with Gasteiger partial charge in [0.05, 0.1) is 18.3 Å². The average Bonchev–Trinajstić information content (AvgIpc) is 3.05. The van der Waals surface area contributed by atoms with Gasteiger partial charge in [-0.2, -0.15) is 13.2 Å². The summed E-state index contributed by atoms with van der Waals surface area (Å²) in [5.41, 5.74) is -0.572. The third-order valence-corrected chi connectivity index (χ3v) is 5.12. The van der Waals surface area contributed by atoms with Crippen LogP contribution in [0.1, 0.15) is 51.7 Å². The number of hydrogen-bond donors (Lipinski definition) is 0. The molecule has 27 heavy (non-hydrogen) atoms. The van der Waals surface area contributed by atoms with E-state index >= 15 is 0 Å². The van der Waals surface area contributed by atoms with Crippen molar-refractivity contribution in [2.75, 3.05) is 0 Å². The third-order valence-electron chi connectivity index (χ3n) is 5.12. The molecule has 2 fully saturated rings. The molecule has 0 N–H and O–H groups in total. The number of hydrogen-bond acceptors (Lipinski definition) is 4. The van der Waals surface area contributed by atoms with E-state index in [1.54, 1.807) is 6.07 Å². The Kier molecular flexibility index (Phi) is 5.87. The Bertz CT molecular complexity index is 648. The molecule has 3 rings (SSSR count). The Morgan fingerprint density at radius 2 is 1.89 bits per heavy atom. The molecule has 1 unspecified atom stereocenters. The van der Waals surface area contributed by atoms with Gasteiger partial charge in [0.1, 0.15) is 12.2 Å². The van der Waals surface area contributed by atoms with Crippen molar-refractivity contribution in [3.8, 4) is 0 Å². The summed E-state index contributed by atoms with van der Waals surface area (Å²) in [5, 5.41) is 0. The van der Waals surface area contributed by atoms with E-state index in [0.717, 1.165) is 6.07 Å². The van der Waals surface area contributed by atoms with Gasteiger partial charge < -0.3 is 18.9 Å². The van der Waals surface area contributed by atoms with Crippen molar-refractivity contribution < 1.29 is 32.1 Å². The lowest BCUT2D eigenvalue weighted by Crippen LogP contribution is -2.38. The minimum atomic E-state index is -4.42. The maximum Gasteiger partial charge on any atom is 0.416 e. The topological polar surface area (TPSA) is 36.9 Å². The molecule has 2 aliphatic heterocycles. The summed E-state index contributed by atoms with van der Waals surface area (Å²) >= 11 is 0. The Labute approximate surface area is 157 Å². The van der Waals surface area contributed by atoms with E-state index in [0.29, 0.717) is 18.8 Å². The van der Waals surface area contributed by atoms with Gasteiger partial charge in [-0.25, -0.2) is 0 Å². The van der Waals surface area contributed by atoms with Crippen LogP contribution in [-0.4, -0.2) is 30.4 Å². The third kappa shape index (κ3) is 4.47. The second-order valence-corrected chi connectivity index (χ2v) is 7.79. The minimum absolute atomic E-state index is 0.105. The highest BCUT2D eigenvalue weighted by atomic mass is 19.4. The van der Waals surface area contributed by atoms with Crippen molar-refractivity contribution >= 4 is 0 Å². The summed E-state index contributed by atoms with van der Waals surface area (Å²) < 4.78 is 63.6. The van der Waals surface area contributed by atoms with Gasteiger partial charge in [-0.05, 0) is 37.3 Å². The van der Waals surface area contributed by atoms with E-state index in [2.05, 4.69) is 13.8 Å². The molecule has 152 valence electrons. The Morgan fingerprint density at radius 1 is 1.19 bits per heavy atom. The summed E-state index contributed by atoms with van der Waals surface area (Å²) in [5.74, 6) is -0.413.